The first kappa shape index (κ1) is 38.1. The Kier molecular flexibility index (Phi) is 10.1. The topological polar surface area (TPSA) is 168 Å². The summed E-state index contributed by atoms with van der Waals surface area (Å²) in [7, 11) is 0. The van der Waals surface area contributed by atoms with E-state index in [2.05, 4.69) is 29.9 Å². The van der Waals surface area contributed by atoms with E-state index in [0.717, 1.165) is 52.9 Å². The third-order valence-corrected chi connectivity index (χ3v) is 9.40. The summed E-state index contributed by atoms with van der Waals surface area (Å²) in [6.45, 7) is 12.5. The second-order valence-corrected chi connectivity index (χ2v) is 15.4. The van der Waals surface area contributed by atoms with Crippen LogP contribution in [-0.2, 0) is 14.3 Å². The summed E-state index contributed by atoms with van der Waals surface area (Å²) in [5.41, 5.74) is 6.07. The van der Waals surface area contributed by atoms with Crippen molar-refractivity contribution in [3.63, 3.8) is 0 Å². The van der Waals surface area contributed by atoms with Gasteiger partial charge in [-0.15, -0.1) is 0 Å². The lowest BCUT2D eigenvalue weighted by Crippen LogP contribution is -2.41. The number of rotatable bonds is 6. The van der Waals surface area contributed by atoms with Gasteiger partial charge in [-0.1, -0.05) is 27.0 Å². The van der Waals surface area contributed by atoms with Crippen LogP contribution in [0.2, 0.25) is 0 Å². The van der Waals surface area contributed by atoms with Crippen LogP contribution in [0.5, 0.6) is 0 Å². The molecule has 54 heavy (non-hydrogen) atoms. The second-order valence-electron chi connectivity index (χ2n) is 15.4. The summed E-state index contributed by atoms with van der Waals surface area (Å²) < 4.78 is 23.3. The summed E-state index contributed by atoms with van der Waals surface area (Å²) in [4.78, 5) is 55.0. The number of aromatic amines is 2. The van der Waals surface area contributed by atoms with Crippen molar-refractivity contribution in [1.29, 1.82) is 0 Å². The van der Waals surface area contributed by atoms with Crippen LogP contribution in [0, 0.1) is 0 Å². The van der Waals surface area contributed by atoms with Gasteiger partial charge in [0.25, 0.3) is 0 Å². The summed E-state index contributed by atoms with van der Waals surface area (Å²) in [5, 5.41) is 0. The lowest BCUT2D eigenvalue weighted by atomic mass is 9.98. The van der Waals surface area contributed by atoms with Gasteiger partial charge in [0.2, 0.25) is 5.95 Å². The predicted molar refractivity (Wildman–Crippen MR) is 207 cm³/mol. The Morgan fingerprint density at radius 2 is 1.28 bits per heavy atom. The molecule has 0 saturated carbocycles. The molecular weight excluding hydrogens is 688 g/mol. The van der Waals surface area contributed by atoms with Gasteiger partial charge in [-0.2, -0.15) is 0 Å². The van der Waals surface area contributed by atoms with E-state index in [0.29, 0.717) is 53.5 Å². The Hall–Kier alpha value is -5.66. The first-order valence-electron chi connectivity index (χ1n) is 17.7. The lowest BCUT2D eigenvalue weighted by molar-refractivity contribution is -0.156. The molecule has 2 aromatic carbocycles. The molecule has 0 spiro atoms. The van der Waals surface area contributed by atoms with E-state index in [-0.39, 0.29) is 33.0 Å². The Balaban J connectivity index is 0.00000249. The van der Waals surface area contributed by atoms with Crippen LogP contribution in [0.3, 0.4) is 0 Å². The number of nitrogens with one attached hydrogen (secondary N) is 2. The summed E-state index contributed by atoms with van der Waals surface area (Å²) in [5.74, 6) is 1.05. The number of fused-ring (bicyclic) bond motifs is 2. The number of H-pyrrole nitrogens is 2. The number of carbonyl (C=O) groups is 2. The quantitative estimate of drug-likeness (QED) is 0.156. The molecule has 6 heterocycles. The molecular formula is C40H50N8O6. The molecule has 2 saturated heterocycles. The zero-order valence-electron chi connectivity index (χ0n) is 30.1. The molecule has 14 nitrogen and oxygen atoms in total. The third kappa shape index (κ3) is 7.04. The van der Waals surface area contributed by atoms with Crippen LogP contribution in [0.1, 0.15) is 93.9 Å². The first-order valence-corrected chi connectivity index (χ1v) is 17.7. The monoisotopic (exact) mass is 738 g/mol. The van der Waals surface area contributed by atoms with Crippen LogP contribution >= 0.6 is 0 Å². The van der Waals surface area contributed by atoms with E-state index < -0.39 is 17.2 Å². The first-order chi connectivity index (χ1) is 24.8. The Labute approximate surface area is 314 Å². The molecule has 14 heteroatoms. The molecule has 4 aromatic heterocycles. The minimum Gasteiger partial charge on any atom is -0.458 e. The van der Waals surface area contributed by atoms with E-state index in [9.17, 15) is 9.59 Å². The molecule has 2 aliphatic heterocycles. The highest BCUT2D eigenvalue weighted by atomic mass is 16.6. The van der Waals surface area contributed by atoms with Crippen molar-refractivity contribution in [3.05, 3.63) is 55.3 Å². The van der Waals surface area contributed by atoms with Gasteiger partial charge in [0, 0.05) is 35.3 Å². The maximum atomic E-state index is 13.0. The molecule has 2 atom stereocenters. The largest absolute Gasteiger partial charge is 0.458 e. The number of benzene rings is 2. The number of nitrogens with zero attached hydrogens (tertiary/aromatic N) is 6. The van der Waals surface area contributed by atoms with Crippen LogP contribution < -0.4 is 4.90 Å². The molecule has 2 aliphatic rings. The fourth-order valence-corrected chi connectivity index (χ4v) is 7.22. The van der Waals surface area contributed by atoms with Crippen molar-refractivity contribution in [1.82, 2.24) is 34.8 Å². The maximum Gasteiger partial charge on any atom is 0.410 e. The highest BCUT2D eigenvalue weighted by Crippen LogP contribution is 2.41. The fraction of sp³-hybridized carbons (Fsp3) is 0.450. The third-order valence-electron chi connectivity index (χ3n) is 9.40. The maximum absolute atomic E-state index is 13.0. The van der Waals surface area contributed by atoms with Gasteiger partial charge >= 0.3 is 12.1 Å². The molecule has 0 bridgehead atoms. The molecule has 2 fully saturated rings. The number of amides is 1. The standard InChI is InChI=1S/C38H42N8O6.2CH4/c1-37(2,3)51-34(47)28-10-8-15-45(28)35-40-18-26(44-35)24-14-12-22(30-32(24)50-20-42-30)21-11-13-23(31-29(21)41-19-49-31)25-17-39-33(43-25)27-9-7-16-46(27)36(48)52-38(4,5)6;;/h11-14,17-20,27-28H,7-10,15-16H2,1-6H3,(H,39,43)(H,40,44);2*1H4/t27-,28?;;/m0../s1. The van der Waals surface area contributed by atoms with Gasteiger partial charge in [-0.25, -0.2) is 29.5 Å². The number of ether oxygens (including phenoxy) is 2. The Morgan fingerprint density at radius 1 is 0.722 bits per heavy atom. The molecule has 2 N–H and O–H groups in total. The number of oxazole rings is 2. The van der Waals surface area contributed by atoms with Gasteiger partial charge in [-0.3, -0.25) is 4.90 Å². The Bertz CT molecular complexity index is 2130. The predicted octanol–water partition coefficient (Wildman–Crippen LogP) is 9.07. The SMILES string of the molecule is C.C.CC(C)(C)OC(=O)C1CCCN1c1ncc(-c2ccc(-c3ccc(-c4cnc([C@@H]5CCCN5C(=O)OC(C)(C)C)[nH]4)c4ocnc34)c3ncoc23)[nH]1. The number of hydrogen-bond acceptors (Lipinski definition) is 11. The average molecular weight is 739 g/mol. The zero-order chi connectivity index (χ0) is 36.4. The van der Waals surface area contributed by atoms with E-state index in [1.54, 1.807) is 17.3 Å². The molecule has 1 amide bonds. The highest BCUT2D eigenvalue weighted by molar-refractivity contribution is 6.06. The van der Waals surface area contributed by atoms with Gasteiger partial charge in [0.1, 0.15) is 34.1 Å². The van der Waals surface area contributed by atoms with Gasteiger partial charge in [-0.05, 0) is 79.4 Å². The number of esters is 1. The summed E-state index contributed by atoms with van der Waals surface area (Å²) in [6.07, 6.45) is 9.25. The number of likely N-dealkylation sites (tertiary alicyclic amines) is 1. The smallest absolute Gasteiger partial charge is 0.410 e. The summed E-state index contributed by atoms with van der Waals surface area (Å²) >= 11 is 0. The van der Waals surface area contributed by atoms with Crippen molar-refractivity contribution in [2.45, 2.75) is 105 Å². The van der Waals surface area contributed by atoms with Crippen molar-refractivity contribution >= 4 is 40.2 Å². The van der Waals surface area contributed by atoms with E-state index in [4.69, 9.17) is 18.3 Å². The number of aromatic nitrogens is 6. The van der Waals surface area contributed by atoms with Crippen LogP contribution in [0.4, 0.5) is 10.7 Å². The fourth-order valence-electron chi connectivity index (χ4n) is 7.22. The van der Waals surface area contributed by atoms with E-state index >= 15 is 0 Å². The number of anilines is 1. The van der Waals surface area contributed by atoms with Gasteiger partial charge in [0.05, 0.1) is 29.8 Å². The summed E-state index contributed by atoms with van der Waals surface area (Å²) in [6, 6.07) is 7.31. The van der Waals surface area contributed by atoms with Crippen molar-refractivity contribution in [2.75, 3.05) is 18.0 Å². The minimum absolute atomic E-state index is 0. The number of imidazole rings is 2. The molecule has 0 radical (unpaired) electrons. The van der Waals surface area contributed by atoms with Crippen molar-refractivity contribution in [2.24, 2.45) is 0 Å². The lowest BCUT2D eigenvalue weighted by Gasteiger charge is -2.27. The Morgan fingerprint density at radius 3 is 1.89 bits per heavy atom. The van der Waals surface area contributed by atoms with Gasteiger partial charge in [0.15, 0.2) is 24.0 Å². The van der Waals surface area contributed by atoms with Crippen molar-refractivity contribution in [3.8, 4) is 33.6 Å². The molecule has 286 valence electrons. The molecule has 8 rings (SSSR count). The second kappa shape index (κ2) is 14.3. The van der Waals surface area contributed by atoms with Crippen LogP contribution in [0.15, 0.2) is 58.3 Å². The normalized spacial score (nSPS) is 17.5. The van der Waals surface area contributed by atoms with E-state index in [1.165, 1.54) is 12.8 Å². The highest BCUT2D eigenvalue weighted by Gasteiger charge is 2.37. The molecule has 1 unspecified atom stereocenters. The van der Waals surface area contributed by atoms with Crippen LogP contribution in [0.25, 0.3) is 55.8 Å². The number of hydrogen-bond donors (Lipinski definition) is 2. The van der Waals surface area contributed by atoms with Crippen molar-refractivity contribution < 1.29 is 27.9 Å². The van der Waals surface area contributed by atoms with E-state index in [1.807, 2.05) is 70.7 Å². The minimum atomic E-state index is -0.583. The molecule has 6 aromatic rings. The molecule has 0 aliphatic carbocycles. The number of carbonyl (C=O) groups excluding carboxylic acids is 2. The van der Waals surface area contributed by atoms with Crippen LogP contribution in [-0.4, -0.2) is 77.2 Å². The zero-order valence-corrected chi connectivity index (χ0v) is 30.1. The average Bonchev–Trinajstić information content (AvgIpc) is 3.92. The van der Waals surface area contributed by atoms with Gasteiger partial charge < -0.3 is 33.2 Å².